The summed E-state index contributed by atoms with van der Waals surface area (Å²) in [5.74, 6) is 0.713. The maximum Gasteiger partial charge on any atom is 0.160 e. The Morgan fingerprint density at radius 1 is 0.404 bits per heavy atom. The summed E-state index contributed by atoms with van der Waals surface area (Å²) in [5.41, 5.74) is 18.7. The second-order valence-electron chi connectivity index (χ2n) is 15.1. The first kappa shape index (κ1) is 34.4. The van der Waals surface area contributed by atoms with E-state index in [0.717, 1.165) is 46.6 Å². The first-order valence-corrected chi connectivity index (χ1v) is 19.8. The van der Waals surface area contributed by atoms with Crippen molar-refractivity contribution in [3.05, 3.63) is 199 Å². The molecule has 0 atom stereocenters. The lowest BCUT2D eigenvalue weighted by molar-refractivity contribution is 0.831. The van der Waals surface area contributed by atoms with E-state index in [2.05, 4.69) is 164 Å². The SMILES string of the molecule is Cc1cc(-c2ccc(-c3cccc4c3NCCC4)cc2)cc(-c2ccc3ccc(-c4ccc(-c5nc(-c6ccccc6)cc(-c6ccccc6)n5)cc4)cc3c2)c1. The molecule has 0 saturated heterocycles. The second kappa shape index (κ2) is 14.9. The molecule has 3 nitrogen and oxygen atoms in total. The summed E-state index contributed by atoms with van der Waals surface area (Å²) in [6, 6.07) is 67.6. The highest BCUT2D eigenvalue weighted by molar-refractivity contribution is 5.92. The summed E-state index contributed by atoms with van der Waals surface area (Å²) in [6.45, 7) is 3.23. The van der Waals surface area contributed by atoms with Gasteiger partial charge in [0, 0.05) is 34.5 Å². The Kier molecular flexibility index (Phi) is 8.97. The summed E-state index contributed by atoms with van der Waals surface area (Å²) in [5, 5.41) is 6.09. The fraction of sp³-hybridized carbons (Fsp3) is 0.0741. The lowest BCUT2D eigenvalue weighted by Crippen LogP contribution is -2.12. The van der Waals surface area contributed by atoms with Crippen molar-refractivity contribution in [3.8, 4) is 78.4 Å². The molecule has 1 aromatic heterocycles. The van der Waals surface area contributed by atoms with Crippen molar-refractivity contribution in [1.29, 1.82) is 0 Å². The number of benzene rings is 8. The first-order chi connectivity index (χ1) is 28.1. The molecule has 0 aliphatic carbocycles. The summed E-state index contributed by atoms with van der Waals surface area (Å²) in [6.07, 6.45) is 2.33. The van der Waals surface area contributed by atoms with Crippen molar-refractivity contribution in [2.75, 3.05) is 11.9 Å². The number of hydrogen-bond acceptors (Lipinski definition) is 3. The Morgan fingerprint density at radius 2 is 0.947 bits per heavy atom. The Morgan fingerprint density at radius 3 is 1.60 bits per heavy atom. The molecule has 0 saturated carbocycles. The van der Waals surface area contributed by atoms with E-state index in [1.54, 1.807) is 0 Å². The third-order valence-corrected chi connectivity index (χ3v) is 11.2. The largest absolute Gasteiger partial charge is 0.384 e. The Balaban J connectivity index is 0.938. The molecule has 3 heteroatoms. The number of nitrogens with one attached hydrogen (secondary N) is 1. The zero-order valence-electron chi connectivity index (χ0n) is 31.9. The second-order valence-corrected chi connectivity index (χ2v) is 15.1. The molecular formula is C54H41N3. The molecule has 1 N–H and O–H groups in total. The zero-order chi connectivity index (χ0) is 38.1. The fourth-order valence-corrected chi connectivity index (χ4v) is 8.22. The van der Waals surface area contributed by atoms with Crippen LogP contribution in [0.4, 0.5) is 5.69 Å². The van der Waals surface area contributed by atoms with Crippen molar-refractivity contribution >= 4 is 16.5 Å². The molecule has 2 heterocycles. The number of aromatic nitrogens is 2. The van der Waals surface area contributed by atoms with E-state index in [0.29, 0.717) is 5.82 Å². The highest BCUT2D eigenvalue weighted by atomic mass is 14.9. The number of fused-ring (bicyclic) bond motifs is 2. The quantitative estimate of drug-likeness (QED) is 0.177. The first-order valence-electron chi connectivity index (χ1n) is 19.8. The molecule has 0 bridgehead atoms. The summed E-state index contributed by atoms with van der Waals surface area (Å²) in [4.78, 5) is 10.1. The molecule has 0 amide bonds. The average Bonchev–Trinajstić information content (AvgIpc) is 3.29. The van der Waals surface area contributed by atoms with Gasteiger partial charge in [0.15, 0.2) is 5.82 Å². The van der Waals surface area contributed by atoms with Gasteiger partial charge in [0.25, 0.3) is 0 Å². The Hall–Kier alpha value is -7.10. The van der Waals surface area contributed by atoms with E-state index in [1.165, 1.54) is 73.0 Å². The molecule has 8 aromatic carbocycles. The molecule has 57 heavy (non-hydrogen) atoms. The number of hydrogen-bond donors (Lipinski definition) is 1. The lowest BCUT2D eigenvalue weighted by atomic mass is 9.92. The van der Waals surface area contributed by atoms with Crippen LogP contribution in [0.15, 0.2) is 188 Å². The van der Waals surface area contributed by atoms with Gasteiger partial charge in [-0.05, 0) is 105 Å². The van der Waals surface area contributed by atoms with Gasteiger partial charge in [0.2, 0.25) is 0 Å². The minimum atomic E-state index is 0.713. The van der Waals surface area contributed by atoms with Gasteiger partial charge in [0.05, 0.1) is 11.4 Å². The van der Waals surface area contributed by atoms with E-state index in [4.69, 9.17) is 9.97 Å². The Labute approximate surface area is 334 Å². The van der Waals surface area contributed by atoms with E-state index < -0.39 is 0 Å². The van der Waals surface area contributed by atoms with Crippen molar-refractivity contribution in [2.24, 2.45) is 0 Å². The number of anilines is 1. The van der Waals surface area contributed by atoms with Crippen molar-refractivity contribution < 1.29 is 0 Å². The van der Waals surface area contributed by atoms with Crippen LogP contribution < -0.4 is 5.32 Å². The van der Waals surface area contributed by atoms with Gasteiger partial charge in [-0.2, -0.15) is 0 Å². The predicted octanol–water partition coefficient (Wildman–Crippen LogP) is 14.0. The maximum atomic E-state index is 5.03. The molecule has 0 fully saturated rings. The maximum absolute atomic E-state index is 5.03. The van der Waals surface area contributed by atoms with Crippen LogP contribution in [0.25, 0.3) is 89.2 Å². The fourth-order valence-electron chi connectivity index (χ4n) is 8.22. The van der Waals surface area contributed by atoms with Crippen LogP contribution >= 0.6 is 0 Å². The van der Waals surface area contributed by atoms with Crippen LogP contribution in [0.5, 0.6) is 0 Å². The molecule has 1 aliphatic rings. The Bertz CT molecular complexity index is 2820. The monoisotopic (exact) mass is 731 g/mol. The minimum absolute atomic E-state index is 0.713. The van der Waals surface area contributed by atoms with E-state index in [-0.39, 0.29) is 0 Å². The summed E-state index contributed by atoms with van der Waals surface area (Å²) >= 11 is 0. The molecular weight excluding hydrogens is 691 g/mol. The predicted molar refractivity (Wildman–Crippen MR) is 239 cm³/mol. The molecule has 0 spiro atoms. The van der Waals surface area contributed by atoms with Gasteiger partial charge in [-0.3, -0.25) is 0 Å². The minimum Gasteiger partial charge on any atom is -0.384 e. The standard InChI is InChI=1S/C54H41N3/c1-36-30-47(38-17-23-40(24-18-38)50-16-8-14-43-15-9-29-55-53(43)50)34-48(31-36)46-28-22-39-21-27-45(32-49(39)33-46)37-19-25-44(26-20-37)54-56-51(41-10-4-2-5-11-41)35-52(57-54)42-12-6-3-7-13-42/h2-8,10-14,16-28,30-35,55H,9,15,29H2,1H3. The third kappa shape index (κ3) is 7.01. The molecule has 10 rings (SSSR count). The highest BCUT2D eigenvalue weighted by Gasteiger charge is 2.15. The van der Waals surface area contributed by atoms with E-state index >= 15 is 0 Å². The van der Waals surface area contributed by atoms with Gasteiger partial charge in [0.1, 0.15) is 0 Å². The summed E-state index contributed by atoms with van der Waals surface area (Å²) in [7, 11) is 0. The molecule has 9 aromatic rings. The van der Waals surface area contributed by atoms with E-state index in [1.807, 2.05) is 36.4 Å². The van der Waals surface area contributed by atoms with Gasteiger partial charge >= 0.3 is 0 Å². The normalized spacial score (nSPS) is 12.2. The van der Waals surface area contributed by atoms with Crippen LogP contribution in [-0.2, 0) is 6.42 Å². The van der Waals surface area contributed by atoms with Gasteiger partial charge in [-0.15, -0.1) is 0 Å². The number of nitrogens with zero attached hydrogens (tertiary/aromatic N) is 2. The molecule has 1 aliphatic heterocycles. The third-order valence-electron chi connectivity index (χ3n) is 11.2. The van der Waals surface area contributed by atoms with Gasteiger partial charge in [-0.25, -0.2) is 9.97 Å². The molecule has 0 radical (unpaired) electrons. The average molecular weight is 732 g/mol. The molecule has 0 unspecified atom stereocenters. The van der Waals surface area contributed by atoms with Crippen LogP contribution in [0.3, 0.4) is 0 Å². The van der Waals surface area contributed by atoms with Gasteiger partial charge < -0.3 is 5.32 Å². The van der Waals surface area contributed by atoms with Crippen molar-refractivity contribution in [2.45, 2.75) is 19.8 Å². The highest BCUT2D eigenvalue weighted by Crippen LogP contribution is 2.37. The van der Waals surface area contributed by atoms with Crippen LogP contribution in [0, 0.1) is 6.92 Å². The van der Waals surface area contributed by atoms with E-state index in [9.17, 15) is 0 Å². The van der Waals surface area contributed by atoms with Crippen LogP contribution in [0.2, 0.25) is 0 Å². The smallest absolute Gasteiger partial charge is 0.160 e. The molecule has 272 valence electrons. The summed E-state index contributed by atoms with van der Waals surface area (Å²) < 4.78 is 0. The van der Waals surface area contributed by atoms with Crippen molar-refractivity contribution in [3.63, 3.8) is 0 Å². The van der Waals surface area contributed by atoms with Crippen LogP contribution in [0.1, 0.15) is 17.5 Å². The zero-order valence-corrected chi connectivity index (χ0v) is 31.9. The number of aryl methyl sites for hydroxylation is 2. The van der Waals surface area contributed by atoms with Gasteiger partial charge in [-0.1, -0.05) is 164 Å². The topological polar surface area (TPSA) is 37.8 Å². The lowest BCUT2D eigenvalue weighted by Gasteiger charge is -2.21. The number of para-hydroxylation sites is 1. The number of rotatable bonds is 7. The van der Waals surface area contributed by atoms with Crippen molar-refractivity contribution in [1.82, 2.24) is 9.97 Å². The van der Waals surface area contributed by atoms with Crippen LogP contribution in [-0.4, -0.2) is 16.5 Å².